The second-order valence-electron chi connectivity index (χ2n) is 5.36. The smallest absolute Gasteiger partial charge is 0.205 e. The first-order valence-electron chi connectivity index (χ1n) is 6.85. The number of rotatable bonds is 1. The van der Waals surface area contributed by atoms with Crippen LogP contribution in [0.2, 0.25) is 6.82 Å². The summed E-state index contributed by atoms with van der Waals surface area (Å²) in [5, 5.41) is 14.5. The first-order valence-corrected chi connectivity index (χ1v) is 6.85. The third kappa shape index (κ3) is 2.08. The second kappa shape index (κ2) is 4.62. The van der Waals surface area contributed by atoms with Gasteiger partial charge in [0.05, 0.1) is 5.54 Å². The lowest BCUT2D eigenvalue weighted by atomic mass is 9.66. The molecule has 1 heterocycles. The lowest BCUT2D eigenvalue weighted by Crippen LogP contribution is -2.40. The summed E-state index contributed by atoms with van der Waals surface area (Å²) in [5.41, 5.74) is 4.36. The van der Waals surface area contributed by atoms with Gasteiger partial charge in [0.2, 0.25) is 5.96 Å². The van der Waals surface area contributed by atoms with Crippen LogP contribution in [-0.2, 0) is 12.8 Å². The zero-order chi connectivity index (χ0) is 13.3. The van der Waals surface area contributed by atoms with E-state index in [1.807, 2.05) is 6.19 Å². The summed E-state index contributed by atoms with van der Waals surface area (Å²) in [6.07, 6.45) is 5.04. The molecule has 0 bridgehead atoms. The van der Waals surface area contributed by atoms with E-state index in [1.165, 1.54) is 16.6 Å². The maximum Gasteiger partial charge on any atom is 0.205 e. The molecule has 5 heteroatoms. The molecule has 0 aromatic heterocycles. The molecule has 19 heavy (non-hydrogen) atoms. The summed E-state index contributed by atoms with van der Waals surface area (Å²) in [4.78, 5) is 4.70. The molecule has 1 atom stereocenters. The topological polar surface area (TPSA) is 60.2 Å². The molecule has 0 saturated carbocycles. The highest BCUT2D eigenvalue weighted by atomic mass is 15.2. The maximum atomic E-state index is 8.66. The van der Waals surface area contributed by atoms with Crippen LogP contribution >= 0.6 is 0 Å². The van der Waals surface area contributed by atoms with Gasteiger partial charge in [0.25, 0.3) is 0 Å². The van der Waals surface area contributed by atoms with E-state index in [1.54, 1.807) is 0 Å². The Hall–Kier alpha value is -1.96. The highest BCUT2D eigenvalue weighted by Gasteiger charge is 2.38. The lowest BCUT2D eigenvalue weighted by Gasteiger charge is -2.32. The Kier molecular flexibility index (Phi) is 2.94. The number of nitrogens with one attached hydrogen (secondary N) is 2. The van der Waals surface area contributed by atoms with Crippen molar-refractivity contribution in [1.82, 2.24) is 10.6 Å². The zero-order valence-electron chi connectivity index (χ0n) is 11.2. The van der Waals surface area contributed by atoms with Crippen molar-refractivity contribution >= 4 is 18.7 Å². The molecule has 1 spiro atoms. The van der Waals surface area contributed by atoms with Gasteiger partial charge >= 0.3 is 0 Å². The minimum absolute atomic E-state index is 0.0570. The molecule has 2 N–H and O–H groups in total. The summed E-state index contributed by atoms with van der Waals surface area (Å²) in [6, 6.07) is 6.60. The van der Waals surface area contributed by atoms with E-state index in [-0.39, 0.29) is 5.54 Å². The Balaban J connectivity index is 1.89. The Bertz CT molecular complexity index is 575. The zero-order valence-corrected chi connectivity index (χ0v) is 11.2. The molecule has 1 aliphatic heterocycles. The van der Waals surface area contributed by atoms with Gasteiger partial charge in [0.1, 0.15) is 0 Å². The summed E-state index contributed by atoms with van der Waals surface area (Å²) < 4.78 is 0. The molecule has 1 unspecified atom stereocenters. The van der Waals surface area contributed by atoms with Crippen molar-refractivity contribution in [1.29, 1.82) is 5.26 Å². The van der Waals surface area contributed by atoms with E-state index in [4.69, 9.17) is 10.3 Å². The van der Waals surface area contributed by atoms with Crippen LogP contribution in [0.5, 0.6) is 0 Å². The number of benzene rings is 1. The molecule has 2 aliphatic rings. The van der Waals surface area contributed by atoms with Crippen LogP contribution in [-0.4, -0.2) is 25.3 Å². The Morgan fingerprint density at radius 2 is 2.42 bits per heavy atom. The standard InChI is InChI=1S/C14H17BN4/c1-15-12-4-2-3-10-7-14(6-5-11(10)12)8-17-13(19-14)18-9-16/h2-4,15H,5-8H2,1H3,(H2,17,18,19). The van der Waals surface area contributed by atoms with Gasteiger partial charge in [0.15, 0.2) is 13.5 Å². The fourth-order valence-corrected chi connectivity index (χ4v) is 3.24. The van der Waals surface area contributed by atoms with Crippen molar-refractivity contribution in [2.45, 2.75) is 31.6 Å². The van der Waals surface area contributed by atoms with Crippen molar-refractivity contribution in [3.63, 3.8) is 0 Å². The van der Waals surface area contributed by atoms with Crippen LogP contribution in [0.25, 0.3) is 0 Å². The van der Waals surface area contributed by atoms with Crippen LogP contribution < -0.4 is 16.1 Å². The molecule has 0 amide bonds. The van der Waals surface area contributed by atoms with Gasteiger partial charge in [0, 0.05) is 6.54 Å². The van der Waals surface area contributed by atoms with E-state index >= 15 is 0 Å². The molecule has 96 valence electrons. The van der Waals surface area contributed by atoms with Crippen LogP contribution in [0.4, 0.5) is 0 Å². The maximum absolute atomic E-state index is 8.66. The van der Waals surface area contributed by atoms with Crippen molar-refractivity contribution in [3.8, 4) is 6.19 Å². The van der Waals surface area contributed by atoms with Gasteiger partial charge in [-0.3, -0.25) is 5.32 Å². The molecule has 0 saturated heterocycles. The van der Waals surface area contributed by atoms with Gasteiger partial charge < -0.3 is 5.32 Å². The molecule has 1 aromatic rings. The normalized spacial score (nSPS) is 24.1. The summed E-state index contributed by atoms with van der Waals surface area (Å²) >= 11 is 0. The predicted molar refractivity (Wildman–Crippen MR) is 78.0 cm³/mol. The first kappa shape index (κ1) is 12.1. The molecular formula is C14H17BN4. The van der Waals surface area contributed by atoms with Crippen LogP contribution in [0.3, 0.4) is 0 Å². The molecule has 1 aromatic carbocycles. The fraction of sp³-hybridized carbons (Fsp3) is 0.429. The number of fused-ring (bicyclic) bond motifs is 1. The van der Waals surface area contributed by atoms with Crippen molar-refractivity contribution < 1.29 is 0 Å². The van der Waals surface area contributed by atoms with Gasteiger partial charge in [-0.25, -0.2) is 4.99 Å². The molecule has 1 aliphatic carbocycles. The van der Waals surface area contributed by atoms with E-state index in [0.717, 1.165) is 33.1 Å². The van der Waals surface area contributed by atoms with Gasteiger partial charge in [-0.05, 0) is 24.8 Å². The quantitative estimate of drug-likeness (QED) is 0.422. The van der Waals surface area contributed by atoms with Crippen molar-refractivity contribution in [2.75, 3.05) is 6.54 Å². The van der Waals surface area contributed by atoms with E-state index in [9.17, 15) is 0 Å². The number of nitriles is 1. The highest BCUT2D eigenvalue weighted by Crippen LogP contribution is 2.32. The molecular weight excluding hydrogens is 235 g/mol. The number of guanidine groups is 1. The number of aliphatic imine (C=N–C) groups is 1. The van der Waals surface area contributed by atoms with Crippen molar-refractivity contribution in [3.05, 3.63) is 29.3 Å². The Labute approximate surface area is 114 Å². The van der Waals surface area contributed by atoms with E-state index < -0.39 is 0 Å². The summed E-state index contributed by atoms with van der Waals surface area (Å²) in [5.74, 6) is 0.623. The van der Waals surface area contributed by atoms with Crippen LogP contribution in [0.15, 0.2) is 23.2 Å². The number of hydrogen-bond donors (Lipinski definition) is 2. The molecule has 4 nitrogen and oxygen atoms in total. The molecule has 0 radical (unpaired) electrons. The summed E-state index contributed by atoms with van der Waals surface area (Å²) in [6.45, 7) is 3.04. The molecule has 0 fully saturated rings. The minimum atomic E-state index is -0.0570. The average Bonchev–Trinajstić information content (AvgIpc) is 2.81. The third-order valence-corrected chi connectivity index (χ3v) is 4.22. The Morgan fingerprint density at radius 3 is 3.21 bits per heavy atom. The average molecular weight is 252 g/mol. The molecule has 3 rings (SSSR count). The monoisotopic (exact) mass is 252 g/mol. The van der Waals surface area contributed by atoms with Crippen molar-refractivity contribution in [2.24, 2.45) is 4.99 Å². The second-order valence-corrected chi connectivity index (χ2v) is 5.36. The Morgan fingerprint density at radius 1 is 1.53 bits per heavy atom. The lowest BCUT2D eigenvalue weighted by molar-refractivity contribution is 0.395. The minimum Gasteiger partial charge on any atom is -0.353 e. The number of nitrogens with zero attached hydrogens (tertiary/aromatic N) is 2. The number of hydrogen-bond acceptors (Lipinski definition) is 4. The third-order valence-electron chi connectivity index (χ3n) is 4.22. The van der Waals surface area contributed by atoms with Crippen LogP contribution in [0, 0.1) is 11.5 Å². The fourth-order valence-electron chi connectivity index (χ4n) is 3.24. The predicted octanol–water partition coefficient (Wildman–Crippen LogP) is 0.0539. The SMILES string of the molecule is CBc1cccc2c1CCC1(CNC(NC#N)=N1)C2. The van der Waals surface area contributed by atoms with Gasteiger partial charge in [-0.1, -0.05) is 36.0 Å². The summed E-state index contributed by atoms with van der Waals surface area (Å²) in [7, 11) is 1.10. The van der Waals surface area contributed by atoms with E-state index in [2.05, 4.69) is 35.7 Å². The van der Waals surface area contributed by atoms with Gasteiger partial charge in [-0.2, -0.15) is 5.26 Å². The first-order chi connectivity index (χ1) is 9.26. The van der Waals surface area contributed by atoms with Crippen LogP contribution in [0.1, 0.15) is 17.5 Å². The highest BCUT2D eigenvalue weighted by molar-refractivity contribution is 6.52. The largest absolute Gasteiger partial charge is 0.353 e. The van der Waals surface area contributed by atoms with Gasteiger partial charge in [-0.15, -0.1) is 0 Å². The van der Waals surface area contributed by atoms with E-state index in [0.29, 0.717) is 5.96 Å².